The zero-order valence-electron chi connectivity index (χ0n) is 10.5. The SMILES string of the molecule is Cc1ncsc1CN1CCCCC1CS(N)(=O)=O. The molecule has 2 heterocycles. The van der Waals surface area contributed by atoms with Crippen molar-refractivity contribution in [3.63, 3.8) is 0 Å². The summed E-state index contributed by atoms with van der Waals surface area (Å²) in [5.41, 5.74) is 2.88. The van der Waals surface area contributed by atoms with Gasteiger partial charge in [-0.1, -0.05) is 6.42 Å². The molecular weight excluding hydrogens is 270 g/mol. The maximum absolute atomic E-state index is 11.3. The molecular formula is C11H19N3O2S2. The third-order valence-electron chi connectivity index (χ3n) is 3.37. The van der Waals surface area contributed by atoms with Gasteiger partial charge in [0.1, 0.15) is 0 Å². The van der Waals surface area contributed by atoms with Crippen molar-refractivity contribution in [3.05, 3.63) is 16.1 Å². The fourth-order valence-corrected chi connectivity index (χ4v) is 4.10. The van der Waals surface area contributed by atoms with Crippen LogP contribution in [0.5, 0.6) is 0 Å². The summed E-state index contributed by atoms with van der Waals surface area (Å²) in [4.78, 5) is 7.68. The van der Waals surface area contributed by atoms with Gasteiger partial charge >= 0.3 is 0 Å². The van der Waals surface area contributed by atoms with Crippen LogP contribution in [0, 0.1) is 6.92 Å². The van der Waals surface area contributed by atoms with E-state index in [4.69, 9.17) is 5.14 Å². The lowest BCUT2D eigenvalue weighted by atomic mass is 10.0. The highest BCUT2D eigenvalue weighted by Gasteiger charge is 2.26. The maximum atomic E-state index is 11.3. The molecule has 1 aromatic rings. The third-order valence-corrected chi connectivity index (χ3v) is 5.13. The number of rotatable bonds is 4. The minimum absolute atomic E-state index is 0.0512. The smallest absolute Gasteiger partial charge is 0.210 e. The van der Waals surface area contributed by atoms with Crippen LogP contribution in [0.2, 0.25) is 0 Å². The molecule has 0 spiro atoms. The summed E-state index contributed by atoms with van der Waals surface area (Å²) >= 11 is 1.63. The van der Waals surface area contributed by atoms with Crippen LogP contribution >= 0.6 is 11.3 Å². The molecule has 18 heavy (non-hydrogen) atoms. The van der Waals surface area contributed by atoms with Crippen LogP contribution in [0.25, 0.3) is 0 Å². The molecule has 0 radical (unpaired) electrons. The van der Waals surface area contributed by atoms with Gasteiger partial charge in [-0.3, -0.25) is 4.90 Å². The third kappa shape index (κ3) is 3.74. The van der Waals surface area contributed by atoms with E-state index in [-0.39, 0.29) is 11.8 Å². The molecule has 0 amide bonds. The van der Waals surface area contributed by atoms with Gasteiger partial charge in [0, 0.05) is 17.5 Å². The Bertz CT molecular complexity index is 498. The van der Waals surface area contributed by atoms with Crippen LogP contribution in [0.4, 0.5) is 0 Å². The number of hydrogen-bond acceptors (Lipinski definition) is 5. The van der Waals surface area contributed by atoms with Crippen LogP contribution < -0.4 is 5.14 Å². The topological polar surface area (TPSA) is 76.3 Å². The molecule has 1 aliphatic rings. The summed E-state index contributed by atoms with van der Waals surface area (Å²) in [6, 6.07) is 0.0512. The van der Waals surface area contributed by atoms with E-state index in [1.807, 2.05) is 12.4 Å². The molecule has 0 bridgehead atoms. The number of thiazole rings is 1. The predicted molar refractivity (Wildman–Crippen MR) is 72.9 cm³/mol. The van der Waals surface area contributed by atoms with Gasteiger partial charge < -0.3 is 0 Å². The van der Waals surface area contributed by atoms with Gasteiger partial charge in [0.25, 0.3) is 0 Å². The highest BCUT2D eigenvalue weighted by Crippen LogP contribution is 2.23. The molecule has 0 aliphatic carbocycles. The number of piperidine rings is 1. The number of aromatic nitrogens is 1. The number of nitrogens with two attached hydrogens (primary N) is 1. The average Bonchev–Trinajstić information content (AvgIpc) is 2.65. The minimum atomic E-state index is -3.40. The Morgan fingerprint density at radius 2 is 2.33 bits per heavy atom. The van der Waals surface area contributed by atoms with E-state index in [2.05, 4.69) is 9.88 Å². The number of likely N-dealkylation sites (tertiary alicyclic amines) is 1. The zero-order valence-corrected chi connectivity index (χ0v) is 12.1. The first-order valence-corrected chi connectivity index (χ1v) is 8.69. The van der Waals surface area contributed by atoms with Crippen LogP contribution in [0.3, 0.4) is 0 Å². The van der Waals surface area contributed by atoms with Gasteiger partial charge in [-0.05, 0) is 26.3 Å². The van der Waals surface area contributed by atoms with E-state index in [0.717, 1.165) is 38.0 Å². The first-order chi connectivity index (χ1) is 8.46. The lowest BCUT2D eigenvalue weighted by molar-refractivity contribution is 0.155. The average molecular weight is 289 g/mol. The molecule has 102 valence electrons. The van der Waals surface area contributed by atoms with Gasteiger partial charge in [-0.25, -0.2) is 18.5 Å². The molecule has 0 aromatic carbocycles. The lowest BCUT2D eigenvalue weighted by Crippen LogP contribution is -2.44. The second kappa shape index (κ2) is 5.64. The number of hydrogen-bond donors (Lipinski definition) is 1. The Morgan fingerprint density at radius 1 is 1.56 bits per heavy atom. The van der Waals surface area contributed by atoms with Crippen molar-refractivity contribution in [2.45, 2.75) is 38.8 Å². The first kappa shape index (κ1) is 13.9. The molecule has 1 atom stereocenters. The normalized spacial score (nSPS) is 22.2. The first-order valence-electron chi connectivity index (χ1n) is 6.09. The number of sulfonamides is 1. The van der Waals surface area contributed by atoms with Crippen molar-refractivity contribution in [1.29, 1.82) is 0 Å². The Morgan fingerprint density at radius 3 is 2.94 bits per heavy atom. The summed E-state index contributed by atoms with van der Waals surface area (Å²) in [6.07, 6.45) is 3.12. The molecule has 7 heteroatoms. The predicted octanol–water partition coefficient (Wildman–Crippen LogP) is 1.09. The minimum Gasteiger partial charge on any atom is -0.294 e. The highest BCUT2D eigenvalue weighted by molar-refractivity contribution is 7.89. The lowest BCUT2D eigenvalue weighted by Gasteiger charge is -2.34. The van der Waals surface area contributed by atoms with E-state index >= 15 is 0 Å². The summed E-state index contributed by atoms with van der Waals surface area (Å²) in [7, 11) is -3.40. The summed E-state index contributed by atoms with van der Waals surface area (Å²) < 4.78 is 22.5. The van der Waals surface area contributed by atoms with E-state index in [1.165, 1.54) is 4.88 Å². The number of primary sulfonamides is 1. The largest absolute Gasteiger partial charge is 0.294 e. The van der Waals surface area contributed by atoms with Gasteiger partial charge in [0.15, 0.2) is 0 Å². The number of nitrogens with zero attached hydrogens (tertiary/aromatic N) is 2. The zero-order chi connectivity index (χ0) is 13.2. The summed E-state index contributed by atoms with van der Waals surface area (Å²) in [5.74, 6) is 0.0604. The summed E-state index contributed by atoms with van der Waals surface area (Å²) in [6.45, 7) is 3.72. The standard InChI is InChI=1S/C11H19N3O2S2/c1-9-11(17-8-13-9)6-14-5-3-2-4-10(14)7-18(12,15)16/h8,10H,2-7H2,1H3,(H2,12,15,16). The Hall–Kier alpha value is -0.500. The Labute approximate surface area is 112 Å². The fourth-order valence-electron chi connectivity index (χ4n) is 2.39. The molecule has 5 nitrogen and oxygen atoms in total. The van der Waals surface area contributed by atoms with Crippen LogP contribution in [0.1, 0.15) is 29.8 Å². The van der Waals surface area contributed by atoms with Gasteiger partial charge in [0.05, 0.1) is 17.0 Å². The molecule has 1 fully saturated rings. The van der Waals surface area contributed by atoms with Crippen LogP contribution in [-0.4, -0.2) is 36.6 Å². The van der Waals surface area contributed by atoms with Gasteiger partial charge in [-0.15, -0.1) is 11.3 Å². The van der Waals surface area contributed by atoms with Crippen LogP contribution in [-0.2, 0) is 16.6 Å². The van der Waals surface area contributed by atoms with E-state index < -0.39 is 10.0 Å². The van der Waals surface area contributed by atoms with E-state index in [1.54, 1.807) is 11.3 Å². The number of aryl methyl sites for hydroxylation is 1. The maximum Gasteiger partial charge on any atom is 0.210 e. The van der Waals surface area contributed by atoms with Gasteiger partial charge in [0.2, 0.25) is 10.0 Å². The second-order valence-electron chi connectivity index (χ2n) is 4.81. The molecule has 0 saturated carbocycles. The molecule has 1 aliphatic heterocycles. The Kier molecular flexibility index (Phi) is 4.37. The molecule has 2 N–H and O–H groups in total. The monoisotopic (exact) mass is 289 g/mol. The molecule has 1 aromatic heterocycles. The van der Waals surface area contributed by atoms with Crippen molar-refractivity contribution in [2.24, 2.45) is 5.14 Å². The van der Waals surface area contributed by atoms with Crippen molar-refractivity contribution in [1.82, 2.24) is 9.88 Å². The van der Waals surface area contributed by atoms with Crippen molar-refractivity contribution >= 4 is 21.4 Å². The van der Waals surface area contributed by atoms with Crippen molar-refractivity contribution < 1.29 is 8.42 Å². The highest BCUT2D eigenvalue weighted by atomic mass is 32.2. The molecule has 1 saturated heterocycles. The van der Waals surface area contributed by atoms with Crippen LogP contribution in [0.15, 0.2) is 5.51 Å². The molecule has 1 unspecified atom stereocenters. The quantitative estimate of drug-likeness (QED) is 0.900. The summed E-state index contributed by atoms with van der Waals surface area (Å²) in [5, 5.41) is 5.17. The van der Waals surface area contributed by atoms with E-state index in [0.29, 0.717) is 0 Å². The van der Waals surface area contributed by atoms with E-state index in [9.17, 15) is 8.42 Å². The van der Waals surface area contributed by atoms with Gasteiger partial charge in [-0.2, -0.15) is 0 Å². The Balaban J connectivity index is 2.06. The fraction of sp³-hybridized carbons (Fsp3) is 0.727. The molecule has 2 rings (SSSR count). The second-order valence-corrected chi connectivity index (χ2v) is 7.41. The van der Waals surface area contributed by atoms with Crippen molar-refractivity contribution in [3.8, 4) is 0 Å². The van der Waals surface area contributed by atoms with Crippen molar-refractivity contribution in [2.75, 3.05) is 12.3 Å².